The van der Waals surface area contributed by atoms with Crippen LogP contribution >= 0.6 is 22.6 Å². The standard InChI is InChI=1S/C12H12IN3O2S/c1-14-12-11(7-4-8-15-12)19(17,18)16-10-6-3-2-5-9(10)13/h2-8,16H,1H3,(H,14,15). The van der Waals surface area contributed by atoms with Crippen molar-refractivity contribution in [1.82, 2.24) is 4.98 Å². The average Bonchev–Trinajstić information content (AvgIpc) is 2.41. The highest BCUT2D eigenvalue weighted by molar-refractivity contribution is 14.1. The molecule has 2 rings (SSSR count). The molecule has 0 aliphatic heterocycles. The van der Waals surface area contributed by atoms with E-state index in [-0.39, 0.29) is 4.90 Å². The lowest BCUT2D eigenvalue weighted by molar-refractivity contribution is 0.601. The van der Waals surface area contributed by atoms with Crippen molar-refractivity contribution in [2.75, 3.05) is 17.1 Å². The molecule has 1 heterocycles. The van der Waals surface area contributed by atoms with E-state index < -0.39 is 10.0 Å². The van der Waals surface area contributed by atoms with Gasteiger partial charge in [-0.2, -0.15) is 0 Å². The first-order valence-corrected chi connectivity index (χ1v) is 8.01. The SMILES string of the molecule is CNc1ncccc1S(=O)(=O)Nc1ccccc1I. The fourth-order valence-corrected chi connectivity index (χ4v) is 3.49. The van der Waals surface area contributed by atoms with E-state index in [2.05, 4.69) is 37.6 Å². The largest absolute Gasteiger partial charge is 0.372 e. The summed E-state index contributed by atoms with van der Waals surface area (Å²) in [5.41, 5.74) is 0.550. The minimum atomic E-state index is -3.66. The summed E-state index contributed by atoms with van der Waals surface area (Å²) in [5.74, 6) is 0.320. The maximum absolute atomic E-state index is 12.3. The molecule has 0 atom stereocenters. The predicted molar refractivity (Wildman–Crippen MR) is 83.8 cm³/mol. The van der Waals surface area contributed by atoms with Gasteiger partial charge < -0.3 is 5.32 Å². The van der Waals surface area contributed by atoms with Gasteiger partial charge in [-0.25, -0.2) is 13.4 Å². The van der Waals surface area contributed by atoms with E-state index >= 15 is 0 Å². The molecule has 1 aromatic carbocycles. The molecule has 0 fully saturated rings. The number of rotatable bonds is 4. The number of anilines is 2. The summed E-state index contributed by atoms with van der Waals surface area (Å²) in [6, 6.07) is 10.3. The van der Waals surface area contributed by atoms with Crippen LogP contribution < -0.4 is 10.0 Å². The minimum Gasteiger partial charge on any atom is -0.372 e. The fourth-order valence-electron chi connectivity index (χ4n) is 1.54. The van der Waals surface area contributed by atoms with Crippen molar-refractivity contribution < 1.29 is 8.42 Å². The van der Waals surface area contributed by atoms with E-state index in [9.17, 15) is 8.42 Å². The van der Waals surface area contributed by atoms with Crippen LogP contribution in [-0.2, 0) is 10.0 Å². The van der Waals surface area contributed by atoms with Gasteiger partial charge in [-0.1, -0.05) is 12.1 Å². The summed E-state index contributed by atoms with van der Waals surface area (Å²) >= 11 is 2.08. The monoisotopic (exact) mass is 389 g/mol. The maximum Gasteiger partial charge on any atom is 0.265 e. The second-order valence-corrected chi connectivity index (χ2v) is 6.50. The molecule has 0 unspecified atom stereocenters. The van der Waals surface area contributed by atoms with Gasteiger partial charge in [-0.05, 0) is 46.9 Å². The van der Waals surface area contributed by atoms with Crippen LogP contribution in [0.15, 0.2) is 47.5 Å². The van der Waals surface area contributed by atoms with Crippen molar-refractivity contribution in [3.8, 4) is 0 Å². The number of aromatic nitrogens is 1. The molecule has 0 amide bonds. The van der Waals surface area contributed by atoms with Crippen LogP contribution in [0.25, 0.3) is 0 Å². The summed E-state index contributed by atoms with van der Waals surface area (Å²) < 4.78 is 28.1. The Bertz CT molecular complexity index is 689. The van der Waals surface area contributed by atoms with Crippen molar-refractivity contribution in [2.24, 2.45) is 0 Å². The molecule has 2 N–H and O–H groups in total. The number of hydrogen-bond acceptors (Lipinski definition) is 4. The van der Waals surface area contributed by atoms with E-state index in [0.717, 1.165) is 3.57 Å². The van der Waals surface area contributed by atoms with E-state index in [1.54, 1.807) is 25.2 Å². The van der Waals surface area contributed by atoms with Gasteiger partial charge in [0.1, 0.15) is 10.7 Å². The van der Waals surface area contributed by atoms with Crippen molar-refractivity contribution in [2.45, 2.75) is 4.90 Å². The molecule has 0 radical (unpaired) electrons. The second-order valence-electron chi connectivity index (χ2n) is 3.69. The topological polar surface area (TPSA) is 71.1 Å². The number of nitrogens with zero attached hydrogens (tertiary/aromatic N) is 1. The molecule has 2 aromatic rings. The molecule has 0 aliphatic carbocycles. The molecule has 100 valence electrons. The van der Waals surface area contributed by atoms with Crippen LogP contribution in [0.3, 0.4) is 0 Å². The van der Waals surface area contributed by atoms with E-state index in [0.29, 0.717) is 11.5 Å². The van der Waals surface area contributed by atoms with Crippen LogP contribution in [0, 0.1) is 3.57 Å². The van der Waals surface area contributed by atoms with Gasteiger partial charge in [0.15, 0.2) is 0 Å². The third-order valence-corrected chi connectivity index (χ3v) is 4.75. The number of halogens is 1. The first-order chi connectivity index (χ1) is 9.04. The Labute approximate surface area is 125 Å². The summed E-state index contributed by atoms with van der Waals surface area (Å²) in [7, 11) is -2.03. The Balaban J connectivity index is 2.41. The normalized spacial score (nSPS) is 11.1. The lowest BCUT2D eigenvalue weighted by Crippen LogP contribution is -2.16. The highest BCUT2D eigenvalue weighted by Gasteiger charge is 2.19. The summed E-state index contributed by atoms with van der Waals surface area (Å²) in [6.07, 6.45) is 1.54. The van der Waals surface area contributed by atoms with Gasteiger partial charge in [-0.15, -0.1) is 0 Å². The van der Waals surface area contributed by atoms with Gasteiger partial charge in [0.2, 0.25) is 0 Å². The Morgan fingerprint density at radius 1 is 1.16 bits per heavy atom. The summed E-state index contributed by atoms with van der Waals surface area (Å²) in [5, 5.41) is 2.77. The highest BCUT2D eigenvalue weighted by Crippen LogP contribution is 2.24. The molecule has 0 saturated heterocycles. The van der Waals surface area contributed by atoms with E-state index in [4.69, 9.17) is 0 Å². The highest BCUT2D eigenvalue weighted by atomic mass is 127. The number of nitrogens with one attached hydrogen (secondary N) is 2. The molecule has 0 aliphatic rings. The van der Waals surface area contributed by atoms with Gasteiger partial charge in [-0.3, -0.25) is 4.72 Å². The third-order valence-electron chi connectivity index (χ3n) is 2.42. The van der Waals surface area contributed by atoms with Crippen LogP contribution in [0.1, 0.15) is 0 Å². The Morgan fingerprint density at radius 2 is 1.89 bits per heavy atom. The van der Waals surface area contributed by atoms with Crippen LogP contribution in [0.4, 0.5) is 11.5 Å². The van der Waals surface area contributed by atoms with E-state index in [1.165, 1.54) is 12.3 Å². The number of sulfonamides is 1. The summed E-state index contributed by atoms with van der Waals surface area (Å²) in [4.78, 5) is 4.12. The van der Waals surface area contributed by atoms with Crippen LogP contribution in [-0.4, -0.2) is 20.4 Å². The first-order valence-electron chi connectivity index (χ1n) is 5.45. The first kappa shape index (κ1) is 14.1. The van der Waals surface area contributed by atoms with Crippen molar-refractivity contribution in [3.05, 3.63) is 46.2 Å². The second kappa shape index (κ2) is 5.74. The zero-order valence-electron chi connectivity index (χ0n) is 10.1. The number of benzene rings is 1. The van der Waals surface area contributed by atoms with Crippen LogP contribution in [0.2, 0.25) is 0 Å². The fraction of sp³-hybridized carbons (Fsp3) is 0.0833. The molecule has 0 saturated carbocycles. The Hall–Kier alpha value is -1.35. The third kappa shape index (κ3) is 3.16. The molecule has 5 nitrogen and oxygen atoms in total. The zero-order valence-corrected chi connectivity index (χ0v) is 13.1. The van der Waals surface area contributed by atoms with Crippen molar-refractivity contribution in [1.29, 1.82) is 0 Å². The molecule has 1 aromatic heterocycles. The molecule has 7 heteroatoms. The lowest BCUT2D eigenvalue weighted by atomic mass is 10.3. The van der Waals surface area contributed by atoms with Gasteiger partial charge in [0, 0.05) is 16.8 Å². The van der Waals surface area contributed by atoms with Gasteiger partial charge in [0.05, 0.1) is 5.69 Å². The maximum atomic E-state index is 12.3. The number of hydrogen-bond donors (Lipinski definition) is 2. The molecule has 0 spiro atoms. The zero-order chi connectivity index (χ0) is 13.9. The van der Waals surface area contributed by atoms with E-state index in [1.807, 2.05) is 12.1 Å². The molecule has 19 heavy (non-hydrogen) atoms. The smallest absolute Gasteiger partial charge is 0.265 e. The minimum absolute atomic E-state index is 0.122. The molecular formula is C12H12IN3O2S. The Morgan fingerprint density at radius 3 is 2.58 bits per heavy atom. The van der Waals surface area contributed by atoms with Gasteiger partial charge in [0.25, 0.3) is 10.0 Å². The Kier molecular flexibility index (Phi) is 4.25. The molecule has 0 bridgehead atoms. The summed E-state index contributed by atoms with van der Waals surface area (Å²) in [6.45, 7) is 0. The van der Waals surface area contributed by atoms with Crippen molar-refractivity contribution in [3.63, 3.8) is 0 Å². The van der Waals surface area contributed by atoms with Crippen molar-refractivity contribution >= 4 is 44.1 Å². The number of pyridine rings is 1. The number of para-hydroxylation sites is 1. The average molecular weight is 389 g/mol. The van der Waals surface area contributed by atoms with Gasteiger partial charge >= 0.3 is 0 Å². The lowest BCUT2D eigenvalue weighted by Gasteiger charge is -2.12. The predicted octanol–water partition coefficient (Wildman–Crippen LogP) is 2.53. The molecular weight excluding hydrogens is 377 g/mol. The van der Waals surface area contributed by atoms with Crippen LogP contribution in [0.5, 0.6) is 0 Å². The quantitative estimate of drug-likeness (QED) is 0.789.